The van der Waals surface area contributed by atoms with Crippen LogP contribution in [-0.4, -0.2) is 22.7 Å². The van der Waals surface area contributed by atoms with E-state index in [-0.39, 0.29) is 6.04 Å². The van der Waals surface area contributed by atoms with Gasteiger partial charge >= 0.3 is 0 Å². The van der Waals surface area contributed by atoms with Crippen molar-refractivity contribution in [1.82, 2.24) is 9.55 Å². The zero-order valence-corrected chi connectivity index (χ0v) is 12.4. The smallest absolute Gasteiger partial charge is 0.133 e. The van der Waals surface area contributed by atoms with E-state index >= 15 is 0 Å². The Morgan fingerprint density at radius 2 is 2.32 bits per heavy atom. The molecule has 0 fully saturated rings. The molecule has 4 nitrogen and oxygen atoms in total. The van der Waals surface area contributed by atoms with Crippen LogP contribution in [0.15, 0.2) is 29.0 Å². The highest BCUT2D eigenvalue weighted by molar-refractivity contribution is 9.10. The number of benzene rings is 1. The lowest BCUT2D eigenvalue weighted by Gasteiger charge is -2.21. The Labute approximate surface area is 120 Å². The minimum Gasteiger partial charge on any atom is -0.496 e. The molecule has 100 valence electrons. The molecule has 0 bridgehead atoms. The minimum atomic E-state index is 0.247. The van der Waals surface area contributed by atoms with Gasteiger partial charge in [-0.3, -0.25) is 0 Å². The van der Waals surface area contributed by atoms with E-state index in [1.165, 1.54) is 5.69 Å². The zero-order chi connectivity index (χ0) is 13.4. The molecule has 1 aromatic carbocycles. The molecule has 1 aliphatic heterocycles. The Balaban J connectivity index is 2.01. The van der Waals surface area contributed by atoms with E-state index < -0.39 is 0 Å². The third-order valence-electron chi connectivity index (χ3n) is 3.55. The molecule has 1 aliphatic rings. The van der Waals surface area contributed by atoms with Crippen molar-refractivity contribution in [3.05, 3.63) is 34.7 Å². The summed E-state index contributed by atoms with van der Waals surface area (Å²) in [5.41, 5.74) is 9.42. The largest absolute Gasteiger partial charge is 0.496 e. The second kappa shape index (κ2) is 4.98. The number of hydrogen-bond acceptors (Lipinski definition) is 3. The number of ether oxygens (including phenoxy) is 1. The van der Waals surface area contributed by atoms with Crippen molar-refractivity contribution in [2.45, 2.75) is 25.4 Å². The predicted molar refractivity (Wildman–Crippen MR) is 78.2 cm³/mol. The van der Waals surface area contributed by atoms with Crippen LogP contribution in [0.1, 0.15) is 12.1 Å². The number of aromatic nitrogens is 2. The maximum absolute atomic E-state index is 5.99. The van der Waals surface area contributed by atoms with E-state index in [0.29, 0.717) is 0 Å². The van der Waals surface area contributed by atoms with E-state index in [0.717, 1.165) is 40.9 Å². The summed E-state index contributed by atoms with van der Waals surface area (Å²) < 4.78 is 8.37. The topological polar surface area (TPSA) is 53.1 Å². The predicted octanol–water partition coefficient (Wildman–Crippen LogP) is 2.59. The second-order valence-corrected chi connectivity index (χ2v) is 5.69. The molecule has 0 saturated heterocycles. The lowest BCUT2D eigenvalue weighted by atomic mass is 10.0. The van der Waals surface area contributed by atoms with Crippen LogP contribution >= 0.6 is 15.9 Å². The fourth-order valence-electron chi connectivity index (χ4n) is 2.55. The number of nitrogens with two attached hydrogens (primary N) is 1. The molecule has 19 heavy (non-hydrogen) atoms. The lowest BCUT2D eigenvalue weighted by molar-refractivity contribution is 0.412. The molecule has 1 atom stereocenters. The third-order valence-corrected chi connectivity index (χ3v) is 4.17. The van der Waals surface area contributed by atoms with Gasteiger partial charge in [0.1, 0.15) is 5.75 Å². The highest BCUT2D eigenvalue weighted by Crippen LogP contribution is 2.32. The van der Waals surface area contributed by atoms with E-state index in [9.17, 15) is 0 Å². The molecule has 0 aliphatic carbocycles. The Hall–Kier alpha value is -1.33. The number of imidazole rings is 1. The maximum atomic E-state index is 5.99. The normalized spacial score (nSPS) is 18.2. The molecule has 2 heterocycles. The third kappa shape index (κ3) is 2.28. The molecule has 0 spiro atoms. The monoisotopic (exact) mass is 321 g/mol. The number of halogens is 1. The fraction of sp³-hybridized carbons (Fsp3) is 0.357. The van der Waals surface area contributed by atoms with Crippen LogP contribution in [0, 0.1) is 0 Å². The first-order valence-corrected chi connectivity index (χ1v) is 7.12. The van der Waals surface area contributed by atoms with Crippen LogP contribution in [0.25, 0.3) is 11.3 Å². The van der Waals surface area contributed by atoms with Crippen molar-refractivity contribution in [1.29, 1.82) is 0 Å². The summed E-state index contributed by atoms with van der Waals surface area (Å²) in [6.07, 6.45) is 3.90. The van der Waals surface area contributed by atoms with Crippen LogP contribution in [0.2, 0.25) is 0 Å². The number of hydrogen-bond donors (Lipinski definition) is 1. The van der Waals surface area contributed by atoms with Crippen LogP contribution in [0.4, 0.5) is 0 Å². The number of methoxy groups -OCH3 is 1. The van der Waals surface area contributed by atoms with Crippen LogP contribution in [0.5, 0.6) is 5.75 Å². The van der Waals surface area contributed by atoms with Gasteiger partial charge in [0, 0.05) is 23.8 Å². The lowest BCUT2D eigenvalue weighted by Crippen LogP contribution is -2.31. The average molecular weight is 322 g/mol. The molecule has 2 N–H and O–H groups in total. The summed E-state index contributed by atoms with van der Waals surface area (Å²) in [5.74, 6) is 0.832. The molecule has 0 radical (unpaired) electrons. The molecule has 5 heteroatoms. The van der Waals surface area contributed by atoms with Gasteiger partial charge in [-0.15, -0.1) is 0 Å². The summed E-state index contributed by atoms with van der Waals surface area (Å²) in [6, 6.07) is 6.30. The van der Waals surface area contributed by atoms with Crippen molar-refractivity contribution in [2.24, 2.45) is 5.73 Å². The summed E-state index contributed by atoms with van der Waals surface area (Å²) in [6.45, 7) is 0.861. The Morgan fingerprint density at radius 1 is 1.47 bits per heavy atom. The van der Waals surface area contributed by atoms with Gasteiger partial charge in [-0.05, 0) is 47.0 Å². The van der Waals surface area contributed by atoms with E-state index in [2.05, 4.69) is 31.5 Å². The maximum Gasteiger partial charge on any atom is 0.133 e. The number of fused-ring (bicyclic) bond motifs is 1. The SMILES string of the molecule is COc1ccc(-c2ncn3c2CCC(N)C3)cc1Br. The number of rotatable bonds is 2. The molecular weight excluding hydrogens is 306 g/mol. The second-order valence-electron chi connectivity index (χ2n) is 4.84. The fourth-order valence-corrected chi connectivity index (χ4v) is 3.09. The molecule has 1 unspecified atom stereocenters. The average Bonchev–Trinajstić information content (AvgIpc) is 2.81. The summed E-state index contributed by atoms with van der Waals surface area (Å²) in [4.78, 5) is 4.54. The molecule has 2 aromatic rings. The van der Waals surface area contributed by atoms with Crippen molar-refractivity contribution >= 4 is 15.9 Å². The molecule has 0 amide bonds. The van der Waals surface area contributed by atoms with Gasteiger partial charge in [-0.25, -0.2) is 4.98 Å². The Kier molecular flexibility index (Phi) is 3.33. The summed E-state index contributed by atoms with van der Waals surface area (Å²) in [7, 11) is 1.67. The standard InChI is InChI=1S/C14H16BrN3O/c1-19-13-5-2-9(6-11(13)15)14-12-4-3-10(16)7-18(12)8-17-14/h2,5-6,8,10H,3-4,7,16H2,1H3. The Bertz CT molecular complexity index is 609. The first kappa shape index (κ1) is 12.7. The highest BCUT2D eigenvalue weighted by atomic mass is 79.9. The summed E-state index contributed by atoms with van der Waals surface area (Å²) in [5, 5.41) is 0. The van der Waals surface area contributed by atoms with Gasteiger partial charge in [0.05, 0.1) is 23.6 Å². The molecular formula is C14H16BrN3O. The first-order valence-electron chi connectivity index (χ1n) is 6.32. The molecule has 3 rings (SSSR count). The molecule has 0 saturated carbocycles. The zero-order valence-electron chi connectivity index (χ0n) is 10.8. The van der Waals surface area contributed by atoms with Gasteiger partial charge in [0.25, 0.3) is 0 Å². The van der Waals surface area contributed by atoms with Crippen molar-refractivity contribution in [2.75, 3.05) is 7.11 Å². The van der Waals surface area contributed by atoms with E-state index in [1.54, 1.807) is 7.11 Å². The van der Waals surface area contributed by atoms with Gasteiger partial charge in [0.15, 0.2) is 0 Å². The molecule has 1 aromatic heterocycles. The quantitative estimate of drug-likeness (QED) is 0.925. The van der Waals surface area contributed by atoms with Crippen molar-refractivity contribution in [3.8, 4) is 17.0 Å². The van der Waals surface area contributed by atoms with E-state index in [1.807, 2.05) is 18.5 Å². The highest BCUT2D eigenvalue weighted by Gasteiger charge is 2.20. The van der Waals surface area contributed by atoms with Gasteiger partial charge in [-0.2, -0.15) is 0 Å². The summed E-state index contributed by atoms with van der Waals surface area (Å²) >= 11 is 3.52. The van der Waals surface area contributed by atoms with Gasteiger partial charge in [-0.1, -0.05) is 0 Å². The van der Waals surface area contributed by atoms with Crippen molar-refractivity contribution < 1.29 is 4.74 Å². The van der Waals surface area contributed by atoms with Crippen LogP contribution < -0.4 is 10.5 Å². The van der Waals surface area contributed by atoms with Gasteiger partial charge in [0.2, 0.25) is 0 Å². The van der Waals surface area contributed by atoms with Crippen LogP contribution in [-0.2, 0) is 13.0 Å². The van der Waals surface area contributed by atoms with Gasteiger partial charge < -0.3 is 15.0 Å². The first-order chi connectivity index (χ1) is 9.19. The minimum absolute atomic E-state index is 0.247. The van der Waals surface area contributed by atoms with Crippen LogP contribution in [0.3, 0.4) is 0 Å². The number of nitrogens with zero attached hydrogens (tertiary/aromatic N) is 2. The van der Waals surface area contributed by atoms with Crippen molar-refractivity contribution in [3.63, 3.8) is 0 Å². The van der Waals surface area contributed by atoms with E-state index in [4.69, 9.17) is 10.5 Å². The Morgan fingerprint density at radius 3 is 3.05 bits per heavy atom.